The number of aromatic nitrogens is 3. The molecule has 28 heavy (non-hydrogen) atoms. The summed E-state index contributed by atoms with van der Waals surface area (Å²) in [5.41, 5.74) is 1.12. The van der Waals surface area contributed by atoms with Crippen LogP contribution >= 0.6 is 24.0 Å². The molecular formula is C20H31IN6O. The van der Waals surface area contributed by atoms with E-state index in [1.807, 2.05) is 48.9 Å². The van der Waals surface area contributed by atoms with Gasteiger partial charge in [0, 0.05) is 25.6 Å². The first-order valence-corrected chi connectivity index (χ1v) is 9.73. The maximum atomic E-state index is 9.80. The van der Waals surface area contributed by atoms with Crippen molar-refractivity contribution >= 4 is 29.9 Å². The monoisotopic (exact) mass is 498 g/mol. The standard InChI is InChI=1S/C20H30N6O.HI/c1-15-24-25-19(26(15)2)13-22-20(23-18-10-6-7-11-18)21-12-17(14-27)16-8-4-3-5-9-16;/h3-5,8-9,17-18,27H,6-7,10-14H2,1-2H3,(H2,21,22,23);1H. The molecule has 1 atom stereocenters. The van der Waals surface area contributed by atoms with E-state index in [2.05, 4.69) is 20.8 Å². The van der Waals surface area contributed by atoms with Crippen LogP contribution in [0.4, 0.5) is 0 Å². The molecule has 8 heteroatoms. The van der Waals surface area contributed by atoms with Crippen molar-refractivity contribution < 1.29 is 5.11 Å². The van der Waals surface area contributed by atoms with Gasteiger partial charge in [0.05, 0.1) is 6.61 Å². The van der Waals surface area contributed by atoms with Crippen LogP contribution in [0.1, 0.15) is 48.8 Å². The molecule has 0 amide bonds. The molecule has 1 aromatic heterocycles. The molecule has 2 aromatic rings. The van der Waals surface area contributed by atoms with Gasteiger partial charge in [-0.2, -0.15) is 0 Å². The fourth-order valence-corrected chi connectivity index (χ4v) is 3.39. The third-order valence-electron chi connectivity index (χ3n) is 5.26. The maximum absolute atomic E-state index is 9.80. The van der Waals surface area contributed by atoms with Crippen molar-refractivity contribution in [3.8, 4) is 0 Å². The molecule has 1 aliphatic carbocycles. The first kappa shape index (κ1) is 22.6. The molecular weight excluding hydrogens is 467 g/mol. The van der Waals surface area contributed by atoms with Crippen LogP contribution < -0.4 is 10.6 Å². The number of benzene rings is 1. The summed E-state index contributed by atoms with van der Waals surface area (Å²) in [6.07, 6.45) is 4.87. The van der Waals surface area contributed by atoms with E-state index in [1.54, 1.807) is 0 Å². The highest BCUT2D eigenvalue weighted by Crippen LogP contribution is 2.18. The zero-order valence-electron chi connectivity index (χ0n) is 16.6. The number of hydrogen-bond donors (Lipinski definition) is 3. The Morgan fingerprint density at radius 3 is 2.57 bits per heavy atom. The zero-order valence-corrected chi connectivity index (χ0v) is 19.0. The number of halogens is 1. The SMILES string of the molecule is Cc1nnc(CN=C(NCC(CO)c2ccccc2)NC2CCCC2)n1C.I. The molecule has 7 nitrogen and oxygen atoms in total. The minimum atomic E-state index is 0. The van der Waals surface area contributed by atoms with Crippen LogP contribution in [0, 0.1) is 6.92 Å². The maximum Gasteiger partial charge on any atom is 0.191 e. The van der Waals surface area contributed by atoms with Gasteiger partial charge in [-0.05, 0) is 25.3 Å². The summed E-state index contributed by atoms with van der Waals surface area (Å²) < 4.78 is 1.96. The van der Waals surface area contributed by atoms with E-state index in [-0.39, 0.29) is 36.5 Å². The Bertz CT molecular complexity index is 742. The molecule has 0 aliphatic heterocycles. The summed E-state index contributed by atoms with van der Waals surface area (Å²) in [7, 11) is 1.95. The topological polar surface area (TPSA) is 87.4 Å². The van der Waals surface area contributed by atoms with E-state index in [0.717, 1.165) is 23.2 Å². The number of aryl methyl sites for hydroxylation is 1. The van der Waals surface area contributed by atoms with Crippen molar-refractivity contribution in [2.75, 3.05) is 13.2 Å². The molecule has 0 radical (unpaired) electrons. The van der Waals surface area contributed by atoms with Gasteiger partial charge in [-0.1, -0.05) is 43.2 Å². The van der Waals surface area contributed by atoms with E-state index in [1.165, 1.54) is 25.7 Å². The molecule has 154 valence electrons. The van der Waals surface area contributed by atoms with Crippen LogP contribution in [0.3, 0.4) is 0 Å². The van der Waals surface area contributed by atoms with Crippen molar-refractivity contribution in [3.63, 3.8) is 0 Å². The second kappa shape index (κ2) is 11.4. The zero-order chi connectivity index (χ0) is 19.1. The molecule has 3 N–H and O–H groups in total. The van der Waals surface area contributed by atoms with Gasteiger partial charge in [-0.25, -0.2) is 4.99 Å². The summed E-state index contributed by atoms with van der Waals surface area (Å²) >= 11 is 0. The molecule has 1 saturated carbocycles. The van der Waals surface area contributed by atoms with Crippen molar-refractivity contribution in [2.45, 2.75) is 51.1 Å². The van der Waals surface area contributed by atoms with Crippen LogP contribution in [0.5, 0.6) is 0 Å². The third kappa shape index (κ3) is 6.16. The third-order valence-corrected chi connectivity index (χ3v) is 5.26. The summed E-state index contributed by atoms with van der Waals surface area (Å²) in [5.74, 6) is 2.51. The quantitative estimate of drug-likeness (QED) is 0.310. The van der Waals surface area contributed by atoms with Gasteiger partial charge in [0.15, 0.2) is 11.8 Å². The van der Waals surface area contributed by atoms with Crippen LogP contribution in [0.15, 0.2) is 35.3 Å². The fourth-order valence-electron chi connectivity index (χ4n) is 3.39. The van der Waals surface area contributed by atoms with Crippen molar-refractivity contribution in [1.82, 2.24) is 25.4 Å². The van der Waals surface area contributed by atoms with Crippen molar-refractivity contribution in [1.29, 1.82) is 0 Å². The molecule has 1 unspecified atom stereocenters. The van der Waals surface area contributed by atoms with E-state index < -0.39 is 0 Å². The van der Waals surface area contributed by atoms with Gasteiger partial charge in [0.2, 0.25) is 0 Å². The van der Waals surface area contributed by atoms with Crippen LogP contribution in [-0.4, -0.2) is 45.0 Å². The molecule has 1 aliphatic rings. The minimum absolute atomic E-state index is 0. The average molecular weight is 498 g/mol. The Labute approximate surface area is 184 Å². The highest BCUT2D eigenvalue weighted by molar-refractivity contribution is 14.0. The summed E-state index contributed by atoms with van der Waals surface area (Å²) in [6, 6.07) is 10.5. The van der Waals surface area contributed by atoms with Crippen LogP contribution in [-0.2, 0) is 13.6 Å². The second-order valence-corrected chi connectivity index (χ2v) is 7.18. The summed E-state index contributed by atoms with van der Waals surface area (Å²) in [5, 5.41) is 25.0. The molecule has 3 rings (SSSR count). The Morgan fingerprint density at radius 1 is 1.25 bits per heavy atom. The number of aliphatic hydroxyl groups is 1. The van der Waals surface area contributed by atoms with Gasteiger partial charge >= 0.3 is 0 Å². The molecule has 1 fully saturated rings. The number of nitrogens with one attached hydrogen (secondary N) is 2. The number of guanidine groups is 1. The van der Waals surface area contributed by atoms with E-state index in [0.29, 0.717) is 19.1 Å². The van der Waals surface area contributed by atoms with Crippen molar-refractivity contribution in [2.24, 2.45) is 12.0 Å². The fraction of sp³-hybridized carbons (Fsp3) is 0.550. The normalized spacial score (nSPS) is 15.9. The number of nitrogens with zero attached hydrogens (tertiary/aromatic N) is 4. The van der Waals surface area contributed by atoms with Gasteiger partial charge in [0.1, 0.15) is 12.4 Å². The number of rotatable bonds is 7. The van der Waals surface area contributed by atoms with Gasteiger partial charge in [-0.15, -0.1) is 34.2 Å². The minimum Gasteiger partial charge on any atom is -0.396 e. The Balaban J connectivity index is 0.00000280. The Hall–Kier alpha value is -1.68. The summed E-state index contributed by atoms with van der Waals surface area (Å²) in [6.45, 7) is 3.11. The number of aliphatic imine (C=N–C) groups is 1. The highest BCUT2D eigenvalue weighted by atomic mass is 127. The second-order valence-electron chi connectivity index (χ2n) is 7.18. The van der Waals surface area contributed by atoms with Crippen LogP contribution in [0.2, 0.25) is 0 Å². The van der Waals surface area contributed by atoms with E-state index >= 15 is 0 Å². The highest BCUT2D eigenvalue weighted by Gasteiger charge is 2.17. The van der Waals surface area contributed by atoms with Gasteiger partial charge in [-0.3, -0.25) is 0 Å². The Morgan fingerprint density at radius 2 is 1.96 bits per heavy atom. The molecule has 1 aromatic carbocycles. The lowest BCUT2D eigenvalue weighted by molar-refractivity contribution is 0.265. The molecule has 0 saturated heterocycles. The van der Waals surface area contributed by atoms with Gasteiger partial charge in [0.25, 0.3) is 0 Å². The largest absolute Gasteiger partial charge is 0.396 e. The molecule has 1 heterocycles. The predicted molar refractivity (Wildman–Crippen MR) is 122 cm³/mol. The number of hydrogen-bond acceptors (Lipinski definition) is 4. The smallest absolute Gasteiger partial charge is 0.191 e. The van der Waals surface area contributed by atoms with Gasteiger partial charge < -0.3 is 20.3 Å². The molecule has 0 bridgehead atoms. The van der Waals surface area contributed by atoms with E-state index in [4.69, 9.17) is 4.99 Å². The van der Waals surface area contributed by atoms with E-state index in [9.17, 15) is 5.11 Å². The average Bonchev–Trinajstić information content (AvgIpc) is 3.32. The van der Waals surface area contributed by atoms with Crippen LogP contribution in [0.25, 0.3) is 0 Å². The Kier molecular flexibility index (Phi) is 9.17. The first-order valence-electron chi connectivity index (χ1n) is 9.73. The molecule has 0 spiro atoms. The first-order chi connectivity index (χ1) is 13.2. The lowest BCUT2D eigenvalue weighted by Crippen LogP contribution is -2.44. The lowest BCUT2D eigenvalue weighted by Gasteiger charge is -2.21. The lowest BCUT2D eigenvalue weighted by atomic mass is 10.0. The van der Waals surface area contributed by atoms with Crippen molar-refractivity contribution in [3.05, 3.63) is 47.5 Å². The number of aliphatic hydroxyl groups excluding tert-OH is 1. The summed E-state index contributed by atoms with van der Waals surface area (Å²) in [4.78, 5) is 4.72. The predicted octanol–water partition coefficient (Wildman–Crippen LogP) is 2.50.